The number of nitrogens with one attached hydrogen (secondary N) is 1. The van der Waals surface area contributed by atoms with E-state index in [1.807, 2.05) is 0 Å². The van der Waals surface area contributed by atoms with E-state index >= 15 is 0 Å². The summed E-state index contributed by atoms with van der Waals surface area (Å²) in [5, 5.41) is 11.7. The minimum absolute atomic E-state index is 0.228. The molecule has 0 aliphatic heterocycles. The number of aromatic nitrogens is 1. The smallest absolute Gasteiger partial charge is 0.394 e. The second-order valence-corrected chi connectivity index (χ2v) is 5.08. The Balaban J connectivity index is 2.16. The second kappa shape index (κ2) is 7.39. The summed E-state index contributed by atoms with van der Waals surface area (Å²) < 4.78 is 52.0. The van der Waals surface area contributed by atoms with E-state index in [0.717, 1.165) is 17.7 Å². The Morgan fingerprint density at radius 1 is 1.21 bits per heavy atom. The molecule has 0 bridgehead atoms. The first kappa shape index (κ1) is 17.9. The predicted molar refractivity (Wildman–Crippen MR) is 77.7 cm³/mol. The van der Waals surface area contributed by atoms with Crippen molar-refractivity contribution >= 4 is 5.91 Å². The number of aliphatic hydroxyl groups is 1. The molecule has 0 spiro atoms. The summed E-state index contributed by atoms with van der Waals surface area (Å²) >= 11 is 0. The molecular formula is C16H14F4N2O2. The number of hydrogen-bond acceptors (Lipinski definition) is 3. The maximum absolute atomic E-state index is 13.9. The molecule has 0 saturated carbocycles. The fourth-order valence-corrected chi connectivity index (χ4v) is 2.15. The molecule has 24 heavy (non-hydrogen) atoms. The summed E-state index contributed by atoms with van der Waals surface area (Å²) in [6, 6.07) is 5.04. The molecule has 0 fully saturated rings. The van der Waals surface area contributed by atoms with Gasteiger partial charge in [-0.25, -0.2) is 4.39 Å². The Labute approximate surface area is 135 Å². The van der Waals surface area contributed by atoms with E-state index in [0.29, 0.717) is 6.07 Å². The fraction of sp³-hybridized carbons (Fsp3) is 0.250. The largest absolute Gasteiger partial charge is 0.419 e. The minimum atomic E-state index is -4.90. The number of alkyl halides is 3. The Kier molecular flexibility index (Phi) is 5.50. The van der Waals surface area contributed by atoms with Crippen molar-refractivity contribution in [2.45, 2.75) is 18.6 Å². The van der Waals surface area contributed by atoms with Crippen molar-refractivity contribution in [3.05, 3.63) is 65.2 Å². The summed E-state index contributed by atoms with van der Waals surface area (Å²) in [5.41, 5.74) is -1.48. The van der Waals surface area contributed by atoms with Gasteiger partial charge in [-0.05, 0) is 36.2 Å². The van der Waals surface area contributed by atoms with Crippen molar-refractivity contribution in [2.75, 3.05) is 6.61 Å². The monoisotopic (exact) mass is 342 g/mol. The Morgan fingerprint density at radius 3 is 2.46 bits per heavy atom. The zero-order valence-corrected chi connectivity index (χ0v) is 12.3. The molecule has 0 aliphatic rings. The minimum Gasteiger partial charge on any atom is -0.394 e. The fourth-order valence-electron chi connectivity index (χ4n) is 2.15. The summed E-state index contributed by atoms with van der Waals surface area (Å²) in [7, 11) is 0. The maximum Gasteiger partial charge on any atom is 0.419 e. The lowest BCUT2D eigenvalue weighted by Gasteiger charge is -2.17. The third-order valence-electron chi connectivity index (χ3n) is 3.34. The van der Waals surface area contributed by atoms with Gasteiger partial charge in [0.1, 0.15) is 5.82 Å². The van der Waals surface area contributed by atoms with Crippen LogP contribution in [-0.2, 0) is 12.6 Å². The topological polar surface area (TPSA) is 62.2 Å². The van der Waals surface area contributed by atoms with Crippen LogP contribution in [-0.4, -0.2) is 28.6 Å². The van der Waals surface area contributed by atoms with E-state index in [9.17, 15) is 27.5 Å². The summed E-state index contributed by atoms with van der Waals surface area (Å²) in [6.45, 7) is -0.450. The number of nitrogens with zero attached hydrogens (tertiary/aromatic N) is 1. The quantitative estimate of drug-likeness (QED) is 0.821. The highest BCUT2D eigenvalue weighted by Gasteiger charge is 2.35. The lowest BCUT2D eigenvalue weighted by atomic mass is 10.1. The number of rotatable bonds is 5. The Hall–Kier alpha value is -2.48. The highest BCUT2D eigenvalue weighted by Crippen LogP contribution is 2.32. The van der Waals surface area contributed by atoms with Crippen molar-refractivity contribution in [3.63, 3.8) is 0 Å². The van der Waals surface area contributed by atoms with Gasteiger partial charge in [-0.3, -0.25) is 9.78 Å². The van der Waals surface area contributed by atoms with Crippen LogP contribution in [0, 0.1) is 5.82 Å². The van der Waals surface area contributed by atoms with E-state index in [4.69, 9.17) is 0 Å². The molecule has 1 aromatic heterocycles. The first-order valence-corrected chi connectivity index (χ1v) is 6.99. The number of amides is 1. The zero-order valence-electron chi connectivity index (χ0n) is 12.3. The van der Waals surface area contributed by atoms with Gasteiger partial charge in [0.25, 0.3) is 5.91 Å². The molecule has 128 valence electrons. The van der Waals surface area contributed by atoms with E-state index in [2.05, 4.69) is 10.3 Å². The van der Waals surface area contributed by atoms with Crippen molar-refractivity contribution in [1.82, 2.24) is 10.3 Å². The summed E-state index contributed by atoms with van der Waals surface area (Å²) in [4.78, 5) is 15.9. The van der Waals surface area contributed by atoms with Crippen LogP contribution in [0.25, 0.3) is 0 Å². The molecule has 8 heteroatoms. The summed E-state index contributed by atoms with van der Waals surface area (Å²) in [5.74, 6) is -2.66. The average Bonchev–Trinajstić information content (AvgIpc) is 2.54. The van der Waals surface area contributed by atoms with Gasteiger partial charge in [-0.1, -0.05) is 6.07 Å². The SMILES string of the molecule is O=C(N[C@H](CO)Cc1ccncc1)c1cccc(C(F)(F)F)c1F. The summed E-state index contributed by atoms with van der Waals surface area (Å²) in [6.07, 6.45) is -1.62. The van der Waals surface area contributed by atoms with Crippen LogP contribution in [0.5, 0.6) is 0 Å². The lowest BCUT2D eigenvalue weighted by molar-refractivity contribution is -0.140. The van der Waals surface area contributed by atoms with Crippen LogP contribution in [0.15, 0.2) is 42.7 Å². The number of pyridine rings is 1. The van der Waals surface area contributed by atoms with Gasteiger partial charge in [0.05, 0.1) is 23.8 Å². The zero-order chi connectivity index (χ0) is 17.7. The molecule has 4 nitrogen and oxygen atoms in total. The van der Waals surface area contributed by atoms with Crippen LogP contribution < -0.4 is 5.32 Å². The highest BCUT2D eigenvalue weighted by molar-refractivity contribution is 5.95. The number of hydrogen-bond donors (Lipinski definition) is 2. The number of aliphatic hydroxyl groups excluding tert-OH is 1. The van der Waals surface area contributed by atoms with E-state index < -0.39 is 41.7 Å². The molecular weight excluding hydrogens is 328 g/mol. The predicted octanol–water partition coefficient (Wildman–Crippen LogP) is 2.57. The molecule has 2 N–H and O–H groups in total. The van der Waals surface area contributed by atoms with Crippen LogP contribution in [0.2, 0.25) is 0 Å². The molecule has 0 unspecified atom stereocenters. The normalized spacial score (nSPS) is 12.7. The van der Waals surface area contributed by atoms with Gasteiger partial charge in [-0.2, -0.15) is 13.2 Å². The molecule has 1 aromatic carbocycles. The average molecular weight is 342 g/mol. The van der Waals surface area contributed by atoms with Crippen LogP contribution in [0.1, 0.15) is 21.5 Å². The molecule has 1 atom stereocenters. The number of halogens is 4. The molecule has 1 amide bonds. The van der Waals surface area contributed by atoms with Crippen molar-refractivity contribution in [1.29, 1.82) is 0 Å². The van der Waals surface area contributed by atoms with Crippen molar-refractivity contribution in [2.24, 2.45) is 0 Å². The molecule has 0 aliphatic carbocycles. The highest BCUT2D eigenvalue weighted by atomic mass is 19.4. The lowest BCUT2D eigenvalue weighted by Crippen LogP contribution is -2.39. The van der Waals surface area contributed by atoms with Gasteiger partial charge in [0.15, 0.2) is 0 Å². The molecule has 0 saturated heterocycles. The third kappa shape index (κ3) is 4.29. The van der Waals surface area contributed by atoms with Gasteiger partial charge in [0.2, 0.25) is 0 Å². The number of carbonyl (C=O) groups excluding carboxylic acids is 1. The standard InChI is InChI=1S/C16H14F4N2O2/c17-14-12(2-1-3-13(14)16(18,19)20)15(24)22-11(9-23)8-10-4-6-21-7-5-10/h1-7,11,23H,8-9H2,(H,22,24)/t11-/m0/s1. The molecule has 2 rings (SSSR count). The molecule has 2 aromatic rings. The Morgan fingerprint density at radius 2 is 1.88 bits per heavy atom. The maximum atomic E-state index is 13.9. The first-order valence-electron chi connectivity index (χ1n) is 6.99. The number of carbonyl (C=O) groups is 1. The van der Waals surface area contributed by atoms with Crippen LogP contribution in [0.3, 0.4) is 0 Å². The molecule has 0 radical (unpaired) electrons. The van der Waals surface area contributed by atoms with Gasteiger partial charge in [-0.15, -0.1) is 0 Å². The van der Waals surface area contributed by atoms with Crippen LogP contribution in [0.4, 0.5) is 17.6 Å². The Bertz CT molecular complexity index is 705. The third-order valence-corrected chi connectivity index (χ3v) is 3.34. The van der Waals surface area contributed by atoms with Crippen LogP contribution >= 0.6 is 0 Å². The second-order valence-electron chi connectivity index (χ2n) is 5.08. The van der Waals surface area contributed by atoms with Gasteiger partial charge >= 0.3 is 6.18 Å². The van der Waals surface area contributed by atoms with E-state index in [1.165, 1.54) is 12.4 Å². The molecule has 1 heterocycles. The van der Waals surface area contributed by atoms with E-state index in [1.54, 1.807) is 12.1 Å². The van der Waals surface area contributed by atoms with Crippen molar-refractivity contribution in [3.8, 4) is 0 Å². The first-order chi connectivity index (χ1) is 11.3. The van der Waals surface area contributed by atoms with Crippen molar-refractivity contribution < 1.29 is 27.5 Å². The number of benzene rings is 1. The van der Waals surface area contributed by atoms with Gasteiger partial charge in [0, 0.05) is 12.4 Å². The van der Waals surface area contributed by atoms with Gasteiger partial charge < -0.3 is 10.4 Å². The van der Waals surface area contributed by atoms with E-state index in [-0.39, 0.29) is 6.42 Å².